The molecule has 0 spiro atoms. The van der Waals surface area contributed by atoms with Crippen LogP contribution in [-0.4, -0.2) is 22.7 Å². The van der Waals surface area contributed by atoms with Gasteiger partial charge in [-0.05, 0) is 41.8 Å². The number of carbonyl (C=O) groups excluding carboxylic acids is 1. The molecule has 1 atom stereocenters. The summed E-state index contributed by atoms with van der Waals surface area (Å²) in [5.41, 5.74) is 4.41. The van der Waals surface area contributed by atoms with Crippen molar-refractivity contribution >= 4 is 11.6 Å². The predicted molar refractivity (Wildman–Crippen MR) is 93.0 cm³/mol. The lowest BCUT2D eigenvalue weighted by Gasteiger charge is -2.26. The van der Waals surface area contributed by atoms with E-state index in [0.717, 1.165) is 22.3 Å². The van der Waals surface area contributed by atoms with Crippen LogP contribution in [0.2, 0.25) is 0 Å². The summed E-state index contributed by atoms with van der Waals surface area (Å²) in [4.78, 5) is 12.0. The van der Waals surface area contributed by atoms with Crippen LogP contribution in [0, 0.1) is 18.8 Å². The van der Waals surface area contributed by atoms with Crippen LogP contribution in [0.3, 0.4) is 0 Å². The Labute approximate surface area is 141 Å². The van der Waals surface area contributed by atoms with Gasteiger partial charge in [0, 0.05) is 36.1 Å². The van der Waals surface area contributed by atoms with Gasteiger partial charge in [-0.1, -0.05) is 24.0 Å². The zero-order valence-electron chi connectivity index (χ0n) is 13.5. The topological polar surface area (TPSA) is 69.6 Å². The SMILES string of the molecule is Cc1cc2c(cc1O)NC(=O)CC2c1ccc(C#CCCO)cc1. The summed E-state index contributed by atoms with van der Waals surface area (Å²) in [5, 5.41) is 21.5. The largest absolute Gasteiger partial charge is 0.508 e. The van der Waals surface area contributed by atoms with Crippen LogP contribution in [0.1, 0.15) is 41.0 Å². The molecule has 1 unspecified atom stereocenters. The van der Waals surface area contributed by atoms with Crippen LogP contribution < -0.4 is 5.32 Å². The van der Waals surface area contributed by atoms with Crippen molar-refractivity contribution in [2.45, 2.75) is 25.7 Å². The molecular weight excluding hydrogens is 302 g/mol. The van der Waals surface area contributed by atoms with Crippen molar-refractivity contribution in [3.63, 3.8) is 0 Å². The number of aryl methyl sites for hydroxylation is 1. The highest BCUT2D eigenvalue weighted by Crippen LogP contribution is 2.39. The molecule has 122 valence electrons. The molecule has 1 amide bonds. The number of anilines is 1. The van der Waals surface area contributed by atoms with Crippen molar-refractivity contribution in [1.82, 2.24) is 0 Å². The molecule has 1 aliphatic rings. The second kappa shape index (κ2) is 6.77. The normalized spacial score (nSPS) is 15.9. The second-order valence-electron chi connectivity index (χ2n) is 5.93. The molecule has 3 N–H and O–H groups in total. The molecule has 1 heterocycles. The third kappa shape index (κ3) is 3.27. The first kappa shape index (κ1) is 16.1. The smallest absolute Gasteiger partial charge is 0.225 e. The Bertz CT molecular complexity index is 828. The summed E-state index contributed by atoms with van der Waals surface area (Å²) in [6, 6.07) is 11.4. The fourth-order valence-electron chi connectivity index (χ4n) is 2.93. The lowest BCUT2D eigenvalue weighted by atomic mass is 9.83. The van der Waals surface area contributed by atoms with Crippen molar-refractivity contribution in [2.24, 2.45) is 0 Å². The predicted octanol–water partition coefficient (Wildman–Crippen LogP) is 2.91. The van der Waals surface area contributed by atoms with Gasteiger partial charge in [-0.25, -0.2) is 0 Å². The number of benzene rings is 2. The summed E-state index contributed by atoms with van der Waals surface area (Å²) < 4.78 is 0. The highest BCUT2D eigenvalue weighted by Gasteiger charge is 2.27. The van der Waals surface area contributed by atoms with Crippen LogP contribution in [0.25, 0.3) is 0 Å². The summed E-state index contributed by atoms with van der Waals surface area (Å²) in [6.07, 6.45) is 0.841. The molecule has 4 heteroatoms. The van der Waals surface area contributed by atoms with Crippen molar-refractivity contribution < 1.29 is 15.0 Å². The van der Waals surface area contributed by atoms with E-state index >= 15 is 0 Å². The number of hydrogen-bond acceptors (Lipinski definition) is 3. The molecule has 0 bridgehead atoms. The highest BCUT2D eigenvalue weighted by molar-refractivity contribution is 5.95. The molecule has 2 aromatic carbocycles. The number of phenolic OH excluding ortho intramolecular Hbond substituents is 1. The maximum absolute atomic E-state index is 12.0. The van der Waals surface area contributed by atoms with Gasteiger partial charge in [0.1, 0.15) is 5.75 Å². The van der Waals surface area contributed by atoms with Gasteiger partial charge in [0.15, 0.2) is 0 Å². The Morgan fingerprint density at radius 2 is 2.00 bits per heavy atom. The van der Waals surface area contributed by atoms with Crippen LogP contribution in [0.5, 0.6) is 5.75 Å². The minimum absolute atomic E-state index is 0.0347. The van der Waals surface area contributed by atoms with Gasteiger partial charge in [-0.3, -0.25) is 4.79 Å². The number of rotatable bonds is 2. The van der Waals surface area contributed by atoms with Crippen LogP contribution in [0.15, 0.2) is 36.4 Å². The van der Waals surface area contributed by atoms with E-state index in [-0.39, 0.29) is 24.2 Å². The standard InChI is InChI=1S/C20H19NO3/c1-13-10-17-16(11-20(24)21-18(17)12-19(13)23)15-7-5-14(6-8-15)4-2-3-9-22/h5-8,10,12,16,22-23H,3,9,11H2,1H3,(H,21,24). The first-order valence-corrected chi connectivity index (χ1v) is 7.91. The van der Waals surface area contributed by atoms with Gasteiger partial charge in [0.2, 0.25) is 5.91 Å². The molecule has 0 aliphatic carbocycles. The van der Waals surface area contributed by atoms with Crippen molar-refractivity contribution in [2.75, 3.05) is 11.9 Å². The van der Waals surface area contributed by atoms with E-state index in [1.54, 1.807) is 6.07 Å². The Morgan fingerprint density at radius 1 is 1.25 bits per heavy atom. The van der Waals surface area contributed by atoms with Crippen molar-refractivity contribution in [1.29, 1.82) is 0 Å². The van der Waals surface area contributed by atoms with E-state index in [9.17, 15) is 9.90 Å². The monoisotopic (exact) mass is 321 g/mol. The average molecular weight is 321 g/mol. The molecule has 0 aromatic heterocycles. The molecule has 0 saturated carbocycles. The Kier molecular flexibility index (Phi) is 4.54. The van der Waals surface area contributed by atoms with Crippen molar-refractivity contribution in [3.05, 3.63) is 58.7 Å². The maximum Gasteiger partial charge on any atom is 0.225 e. The molecule has 0 saturated heterocycles. The third-order valence-electron chi connectivity index (χ3n) is 4.19. The van der Waals surface area contributed by atoms with E-state index < -0.39 is 0 Å². The average Bonchev–Trinajstić information content (AvgIpc) is 2.57. The van der Waals surface area contributed by atoms with E-state index in [4.69, 9.17) is 5.11 Å². The van der Waals surface area contributed by atoms with E-state index in [1.807, 2.05) is 37.3 Å². The number of phenols is 1. The van der Waals surface area contributed by atoms with E-state index in [0.29, 0.717) is 18.5 Å². The highest BCUT2D eigenvalue weighted by atomic mass is 16.3. The minimum Gasteiger partial charge on any atom is -0.508 e. The maximum atomic E-state index is 12.0. The summed E-state index contributed by atoms with van der Waals surface area (Å²) in [7, 11) is 0. The van der Waals surface area contributed by atoms with Gasteiger partial charge in [0.25, 0.3) is 0 Å². The molecule has 2 aromatic rings. The number of nitrogens with one attached hydrogen (secondary N) is 1. The fourth-order valence-corrected chi connectivity index (χ4v) is 2.93. The first-order valence-electron chi connectivity index (χ1n) is 7.91. The Balaban J connectivity index is 1.94. The van der Waals surface area contributed by atoms with E-state index in [1.165, 1.54) is 0 Å². The third-order valence-corrected chi connectivity index (χ3v) is 4.19. The number of fused-ring (bicyclic) bond motifs is 1. The Hall–Kier alpha value is -2.77. The lowest BCUT2D eigenvalue weighted by Crippen LogP contribution is -2.23. The Morgan fingerprint density at radius 3 is 2.71 bits per heavy atom. The zero-order chi connectivity index (χ0) is 17.1. The number of hydrogen-bond donors (Lipinski definition) is 3. The summed E-state index contributed by atoms with van der Waals surface area (Å²) in [6.45, 7) is 1.91. The van der Waals surface area contributed by atoms with Crippen LogP contribution in [-0.2, 0) is 4.79 Å². The zero-order valence-corrected chi connectivity index (χ0v) is 13.5. The van der Waals surface area contributed by atoms with Gasteiger partial charge in [-0.2, -0.15) is 0 Å². The number of carbonyl (C=O) groups is 1. The number of aromatic hydroxyl groups is 1. The second-order valence-corrected chi connectivity index (χ2v) is 5.93. The van der Waals surface area contributed by atoms with Gasteiger partial charge >= 0.3 is 0 Å². The molecule has 0 radical (unpaired) electrons. The van der Waals surface area contributed by atoms with E-state index in [2.05, 4.69) is 17.2 Å². The molecule has 3 rings (SSSR count). The number of amides is 1. The molecular formula is C20H19NO3. The van der Waals surface area contributed by atoms with Gasteiger partial charge < -0.3 is 15.5 Å². The summed E-state index contributed by atoms with van der Waals surface area (Å²) in [5.74, 6) is 5.99. The molecule has 4 nitrogen and oxygen atoms in total. The quantitative estimate of drug-likeness (QED) is 0.745. The minimum atomic E-state index is -0.0532. The first-order chi connectivity index (χ1) is 11.6. The molecule has 24 heavy (non-hydrogen) atoms. The molecule has 1 aliphatic heterocycles. The van der Waals surface area contributed by atoms with Gasteiger partial charge in [-0.15, -0.1) is 0 Å². The fraction of sp³-hybridized carbons (Fsp3) is 0.250. The van der Waals surface area contributed by atoms with Gasteiger partial charge in [0.05, 0.1) is 6.61 Å². The molecule has 0 fully saturated rings. The van der Waals surface area contributed by atoms with Crippen LogP contribution in [0.4, 0.5) is 5.69 Å². The van der Waals surface area contributed by atoms with Crippen molar-refractivity contribution in [3.8, 4) is 17.6 Å². The number of aliphatic hydroxyl groups excluding tert-OH is 1. The lowest BCUT2D eigenvalue weighted by molar-refractivity contribution is -0.116. The summed E-state index contributed by atoms with van der Waals surface area (Å²) >= 11 is 0. The van der Waals surface area contributed by atoms with Crippen LogP contribution >= 0.6 is 0 Å². The number of aliphatic hydroxyl groups is 1.